The molecule has 1 aliphatic rings. The van der Waals surface area contributed by atoms with Crippen LogP contribution in [0.5, 0.6) is 5.75 Å². The van der Waals surface area contributed by atoms with Crippen LogP contribution < -0.4 is 15.2 Å². The molecule has 190 valence electrons. The summed E-state index contributed by atoms with van der Waals surface area (Å²) in [4.78, 5) is 0. The van der Waals surface area contributed by atoms with E-state index >= 15 is 0 Å². The lowest BCUT2D eigenvalue weighted by atomic mass is 9.76. The number of nitrogens with two attached hydrogens (primary N) is 1. The molecule has 11 heteroatoms. The zero-order chi connectivity index (χ0) is 24.3. The number of fused-ring (bicyclic) bond motifs is 1. The SMILES string of the molecule is Cc1cc(CS(=O)(=O)NCCOc2ccc3c(c2)C(Cc2ccc(Cl)c(Cl)c2)C(N)CC3)no1.Cl. The fourth-order valence-corrected chi connectivity index (χ4v) is 5.61. The lowest BCUT2D eigenvalue weighted by Gasteiger charge is -2.32. The van der Waals surface area contributed by atoms with Crippen molar-refractivity contribution in [1.29, 1.82) is 0 Å². The van der Waals surface area contributed by atoms with Crippen LogP contribution in [0.4, 0.5) is 0 Å². The molecule has 1 aliphatic carbocycles. The Hall–Kier alpha value is -1.81. The van der Waals surface area contributed by atoms with Gasteiger partial charge in [0.1, 0.15) is 29.6 Å². The molecular weight excluding hydrogens is 533 g/mol. The van der Waals surface area contributed by atoms with Crippen molar-refractivity contribution in [3.05, 3.63) is 80.7 Å². The minimum atomic E-state index is -3.54. The van der Waals surface area contributed by atoms with E-state index in [1.807, 2.05) is 24.3 Å². The summed E-state index contributed by atoms with van der Waals surface area (Å²) >= 11 is 12.3. The van der Waals surface area contributed by atoms with Crippen LogP contribution in [0.25, 0.3) is 0 Å². The predicted molar refractivity (Wildman–Crippen MR) is 140 cm³/mol. The highest BCUT2D eigenvalue weighted by atomic mass is 35.5. The first-order valence-electron chi connectivity index (χ1n) is 11.0. The van der Waals surface area contributed by atoms with Gasteiger partial charge >= 0.3 is 0 Å². The van der Waals surface area contributed by atoms with Crippen LogP contribution in [0, 0.1) is 6.92 Å². The molecule has 0 spiro atoms. The quantitative estimate of drug-likeness (QED) is 0.364. The summed E-state index contributed by atoms with van der Waals surface area (Å²) in [6.07, 6.45) is 2.57. The molecule has 1 aromatic heterocycles. The molecule has 2 atom stereocenters. The summed E-state index contributed by atoms with van der Waals surface area (Å²) in [5.41, 5.74) is 10.4. The van der Waals surface area contributed by atoms with Crippen molar-refractivity contribution in [2.75, 3.05) is 13.2 Å². The van der Waals surface area contributed by atoms with Crippen LogP contribution in [0.2, 0.25) is 10.0 Å². The molecule has 2 aromatic carbocycles. The first kappa shape index (κ1) is 27.8. The van der Waals surface area contributed by atoms with Crippen LogP contribution in [-0.2, 0) is 28.6 Å². The zero-order valence-electron chi connectivity index (χ0n) is 19.2. The molecule has 0 radical (unpaired) electrons. The number of hydrogen-bond donors (Lipinski definition) is 2. The van der Waals surface area contributed by atoms with E-state index < -0.39 is 10.0 Å². The highest BCUT2D eigenvalue weighted by Gasteiger charge is 2.28. The Morgan fingerprint density at radius 2 is 1.97 bits per heavy atom. The summed E-state index contributed by atoms with van der Waals surface area (Å²) in [5.74, 6) is 1.13. The Bertz CT molecular complexity index is 1270. The smallest absolute Gasteiger partial charge is 0.217 e. The third-order valence-electron chi connectivity index (χ3n) is 5.93. The van der Waals surface area contributed by atoms with Gasteiger partial charge in [0, 0.05) is 24.6 Å². The summed E-state index contributed by atoms with van der Waals surface area (Å²) in [5, 5.41) is 4.78. The molecule has 0 amide bonds. The Kier molecular flexibility index (Phi) is 9.48. The highest BCUT2D eigenvalue weighted by Crippen LogP contribution is 2.36. The van der Waals surface area contributed by atoms with Crippen molar-refractivity contribution < 1.29 is 17.7 Å². The van der Waals surface area contributed by atoms with Crippen molar-refractivity contribution in [3.63, 3.8) is 0 Å². The van der Waals surface area contributed by atoms with E-state index in [4.69, 9.17) is 38.2 Å². The second-order valence-electron chi connectivity index (χ2n) is 8.55. The number of rotatable bonds is 9. The van der Waals surface area contributed by atoms with Crippen molar-refractivity contribution in [1.82, 2.24) is 9.88 Å². The van der Waals surface area contributed by atoms with E-state index in [1.54, 1.807) is 19.1 Å². The molecule has 2 unspecified atom stereocenters. The predicted octanol–water partition coefficient (Wildman–Crippen LogP) is 4.81. The highest BCUT2D eigenvalue weighted by molar-refractivity contribution is 7.88. The molecule has 0 aliphatic heterocycles. The normalized spacial score (nSPS) is 17.5. The molecular formula is C24H28Cl3N3O4S. The van der Waals surface area contributed by atoms with Crippen molar-refractivity contribution in [2.45, 2.75) is 43.9 Å². The number of ether oxygens (including phenoxy) is 1. The maximum absolute atomic E-state index is 12.2. The summed E-state index contributed by atoms with van der Waals surface area (Å²) < 4.78 is 37.8. The number of nitrogens with zero attached hydrogens (tertiary/aromatic N) is 1. The molecule has 0 bridgehead atoms. The first-order valence-corrected chi connectivity index (χ1v) is 13.5. The monoisotopic (exact) mass is 559 g/mol. The fraction of sp³-hybridized carbons (Fsp3) is 0.375. The Balaban J connectivity index is 0.00000342. The van der Waals surface area contributed by atoms with E-state index in [2.05, 4.69) is 15.9 Å². The molecule has 3 N–H and O–H groups in total. The van der Waals surface area contributed by atoms with E-state index in [0.717, 1.165) is 30.4 Å². The molecule has 1 heterocycles. The lowest BCUT2D eigenvalue weighted by Crippen LogP contribution is -2.34. The van der Waals surface area contributed by atoms with Crippen molar-refractivity contribution in [3.8, 4) is 5.75 Å². The first-order chi connectivity index (χ1) is 16.2. The second kappa shape index (κ2) is 12.0. The summed E-state index contributed by atoms with van der Waals surface area (Å²) in [6.45, 7) is 2.05. The number of sulfonamides is 1. The molecule has 3 aromatic rings. The molecule has 7 nitrogen and oxygen atoms in total. The Morgan fingerprint density at radius 3 is 2.69 bits per heavy atom. The average Bonchev–Trinajstić information content (AvgIpc) is 3.19. The fourth-order valence-electron chi connectivity index (χ4n) is 4.27. The van der Waals surface area contributed by atoms with Gasteiger partial charge in [0.05, 0.1) is 10.0 Å². The molecule has 4 rings (SSSR count). The van der Waals surface area contributed by atoms with E-state index in [-0.39, 0.29) is 43.3 Å². The largest absolute Gasteiger partial charge is 0.492 e. The van der Waals surface area contributed by atoms with E-state index in [9.17, 15) is 8.42 Å². The minimum absolute atomic E-state index is 0. The van der Waals surface area contributed by atoms with Crippen LogP contribution in [0.15, 0.2) is 47.0 Å². The Labute approximate surface area is 221 Å². The number of hydrogen-bond acceptors (Lipinski definition) is 6. The maximum Gasteiger partial charge on any atom is 0.217 e. The van der Waals surface area contributed by atoms with E-state index in [1.165, 1.54) is 5.56 Å². The summed E-state index contributed by atoms with van der Waals surface area (Å²) in [6, 6.07) is 13.3. The van der Waals surface area contributed by atoms with Gasteiger partial charge in [-0.05, 0) is 67.1 Å². The lowest BCUT2D eigenvalue weighted by molar-refractivity contribution is 0.321. The zero-order valence-corrected chi connectivity index (χ0v) is 22.3. The third kappa shape index (κ3) is 7.35. The van der Waals surface area contributed by atoms with Crippen LogP contribution in [0.1, 0.15) is 40.5 Å². The van der Waals surface area contributed by atoms with Gasteiger partial charge < -0.3 is 15.0 Å². The topological polar surface area (TPSA) is 107 Å². The van der Waals surface area contributed by atoms with E-state index in [0.29, 0.717) is 27.2 Å². The number of nitrogens with one attached hydrogen (secondary N) is 1. The average molecular weight is 561 g/mol. The standard InChI is InChI=1S/C24H27Cl2N3O4S.ClH/c1-15-10-18(29-33-15)14-34(30,31)28-8-9-32-19-5-3-17-4-7-24(27)21(20(17)13-19)11-16-2-6-22(25)23(26)12-16;/h2-3,5-6,10,12-13,21,24,28H,4,7-9,11,14,27H2,1H3;1H. The number of benzene rings is 2. The van der Waals surface area contributed by atoms with Gasteiger partial charge in [-0.3, -0.25) is 0 Å². The molecule has 0 saturated carbocycles. The minimum Gasteiger partial charge on any atom is -0.492 e. The van der Waals surface area contributed by atoms with Gasteiger partial charge in [0.2, 0.25) is 10.0 Å². The maximum atomic E-state index is 12.2. The van der Waals surface area contributed by atoms with Crippen LogP contribution in [0.3, 0.4) is 0 Å². The van der Waals surface area contributed by atoms with Gasteiger partial charge in [-0.1, -0.05) is 40.5 Å². The van der Waals surface area contributed by atoms with Crippen molar-refractivity contribution >= 4 is 45.6 Å². The molecule has 0 fully saturated rings. The van der Waals surface area contributed by atoms with Crippen LogP contribution >= 0.6 is 35.6 Å². The van der Waals surface area contributed by atoms with Gasteiger partial charge in [-0.25, -0.2) is 13.1 Å². The van der Waals surface area contributed by atoms with Gasteiger partial charge in [-0.2, -0.15) is 0 Å². The molecule has 0 saturated heterocycles. The van der Waals surface area contributed by atoms with Gasteiger partial charge in [0.25, 0.3) is 0 Å². The number of aromatic nitrogens is 1. The Morgan fingerprint density at radius 1 is 1.17 bits per heavy atom. The number of halogens is 3. The van der Waals surface area contributed by atoms with Crippen molar-refractivity contribution in [2.24, 2.45) is 5.73 Å². The second-order valence-corrected chi connectivity index (χ2v) is 11.2. The van der Waals surface area contributed by atoms with Gasteiger partial charge in [-0.15, -0.1) is 12.4 Å². The summed E-state index contributed by atoms with van der Waals surface area (Å²) in [7, 11) is -3.54. The number of aryl methyl sites for hydroxylation is 2. The van der Waals surface area contributed by atoms with Crippen LogP contribution in [-0.4, -0.2) is 32.8 Å². The molecule has 35 heavy (non-hydrogen) atoms. The van der Waals surface area contributed by atoms with Gasteiger partial charge in [0.15, 0.2) is 0 Å². The third-order valence-corrected chi connectivity index (χ3v) is 7.99.